The number of hydrogen-bond acceptors (Lipinski definition) is 3. The Morgan fingerprint density at radius 1 is 1.35 bits per heavy atom. The van der Waals surface area contributed by atoms with Gasteiger partial charge in [-0.1, -0.05) is 43.7 Å². The molecule has 0 heterocycles. The van der Waals surface area contributed by atoms with Gasteiger partial charge in [0.2, 0.25) is 0 Å². The van der Waals surface area contributed by atoms with Crippen LogP contribution < -0.4 is 0 Å². The number of carbonyl (C=O) groups is 1. The summed E-state index contributed by atoms with van der Waals surface area (Å²) in [4.78, 5) is 10.8. The van der Waals surface area contributed by atoms with Gasteiger partial charge in [0.1, 0.15) is 0 Å². The zero-order chi connectivity index (χ0) is 19.4. The zero-order valence-corrected chi connectivity index (χ0v) is 16.0. The highest BCUT2D eigenvalue weighted by Gasteiger charge is 2.39. The summed E-state index contributed by atoms with van der Waals surface area (Å²) < 4.78 is 41.6. The highest BCUT2D eigenvalue weighted by Crippen LogP contribution is 2.39. The van der Waals surface area contributed by atoms with E-state index in [0.717, 1.165) is 25.3 Å². The Labute approximate surface area is 155 Å². The van der Waals surface area contributed by atoms with Crippen LogP contribution in [0.25, 0.3) is 0 Å². The average Bonchev–Trinajstić information content (AvgIpc) is 2.61. The highest BCUT2D eigenvalue weighted by molar-refractivity contribution is 7.92. The van der Waals surface area contributed by atoms with E-state index in [1.807, 2.05) is 0 Å². The molecule has 1 aliphatic carbocycles. The van der Waals surface area contributed by atoms with Crippen LogP contribution in [-0.2, 0) is 20.3 Å². The normalized spacial score (nSPS) is 23.2. The maximum atomic E-state index is 14.9. The van der Waals surface area contributed by atoms with Gasteiger partial charge in [0.25, 0.3) is 0 Å². The molecule has 1 aromatic rings. The molecule has 144 valence electrons. The van der Waals surface area contributed by atoms with E-state index >= 15 is 0 Å². The number of allylic oxidation sites excluding steroid dienone is 1. The molecule has 0 aromatic heterocycles. The van der Waals surface area contributed by atoms with Crippen molar-refractivity contribution in [3.63, 3.8) is 0 Å². The maximum Gasteiger partial charge on any atom is 0.303 e. The molecule has 4 nitrogen and oxygen atoms in total. The van der Waals surface area contributed by atoms with Crippen molar-refractivity contribution < 1.29 is 22.7 Å². The van der Waals surface area contributed by atoms with Crippen LogP contribution in [-0.4, -0.2) is 24.7 Å². The minimum atomic E-state index is -3.72. The first-order valence-corrected chi connectivity index (χ1v) is 10.6. The summed E-state index contributed by atoms with van der Waals surface area (Å²) in [6.45, 7) is 4.80. The number of carboxylic acids is 1. The van der Waals surface area contributed by atoms with Crippen LogP contribution in [0.2, 0.25) is 0 Å². The van der Waals surface area contributed by atoms with Gasteiger partial charge in [-0.2, -0.15) is 0 Å². The topological polar surface area (TPSA) is 71.4 Å². The summed E-state index contributed by atoms with van der Waals surface area (Å²) in [5.41, 5.74) is -1.82. The second-order valence-electron chi connectivity index (χ2n) is 7.19. The number of alkyl halides is 1. The fourth-order valence-electron chi connectivity index (χ4n) is 3.82. The number of hydrogen-bond donors (Lipinski definition) is 1. The molecule has 3 atom stereocenters. The Hall–Kier alpha value is -1.69. The average molecular weight is 382 g/mol. The molecule has 0 aliphatic heterocycles. The Bertz CT molecular complexity index is 755. The largest absolute Gasteiger partial charge is 0.481 e. The van der Waals surface area contributed by atoms with Crippen molar-refractivity contribution in [2.24, 2.45) is 5.92 Å². The van der Waals surface area contributed by atoms with Gasteiger partial charge in [-0.25, -0.2) is 12.8 Å². The number of rotatable bonds is 8. The second kappa shape index (κ2) is 8.33. The number of carboxylic acid groups (broad SMARTS) is 1. The van der Waals surface area contributed by atoms with Crippen molar-refractivity contribution >= 4 is 15.8 Å². The van der Waals surface area contributed by atoms with Crippen LogP contribution in [0.15, 0.2) is 41.8 Å². The van der Waals surface area contributed by atoms with E-state index in [0.29, 0.717) is 19.3 Å². The first-order chi connectivity index (χ1) is 12.2. The summed E-state index contributed by atoms with van der Waals surface area (Å²) in [6, 6.07) is 6.20. The fourth-order valence-corrected chi connectivity index (χ4v) is 6.24. The Morgan fingerprint density at radius 3 is 2.65 bits per heavy atom. The lowest BCUT2D eigenvalue weighted by Crippen LogP contribution is -2.34. The fraction of sp³-hybridized carbons (Fsp3) is 0.550. The van der Waals surface area contributed by atoms with E-state index in [1.54, 1.807) is 12.1 Å². The molecular weight excluding hydrogens is 355 g/mol. The van der Waals surface area contributed by atoms with Crippen molar-refractivity contribution in [2.45, 2.75) is 67.7 Å². The molecular formula is C20H27FO4S. The van der Waals surface area contributed by atoms with Gasteiger partial charge in [0.15, 0.2) is 15.5 Å². The molecule has 1 aromatic carbocycles. The smallest absolute Gasteiger partial charge is 0.303 e. The van der Waals surface area contributed by atoms with Crippen molar-refractivity contribution in [1.29, 1.82) is 0 Å². The second-order valence-corrected chi connectivity index (χ2v) is 9.33. The van der Waals surface area contributed by atoms with E-state index in [-0.39, 0.29) is 22.8 Å². The molecule has 0 spiro atoms. The van der Waals surface area contributed by atoms with Gasteiger partial charge < -0.3 is 5.11 Å². The van der Waals surface area contributed by atoms with Crippen LogP contribution in [0.1, 0.15) is 57.4 Å². The first-order valence-electron chi connectivity index (χ1n) is 9.08. The molecule has 0 saturated heterocycles. The molecule has 1 saturated carbocycles. The van der Waals surface area contributed by atoms with E-state index in [2.05, 4.69) is 6.58 Å². The number of halogens is 1. The van der Waals surface area contributed by atoms with Gasteiger partial charge in [-0.3, -0.25) is 4.79 Å². The van der Waals surface area contributed by atoms with Crippen molar-refractivity contribution in [3.8, 4) is 0 Å². The van der Waals surface area contributed by atoms with Gasteiger partial charge in [-0.15, -0.1) is 0 Å². The minimum Gasteiger partial charge on any atom is -0.481 e. The molecule has 0 radical (unpaired) electrons. The van der Waals surface area contributed by atoms with E-state index in [9.17, 15) is 17.6 Å². The standard InChI is InChI=1S/C20H27FO4S/c1-3-20(2,21)16-11-5-7-13-18(16)26(24,25)17-12-6-4-9-15(17)10-8-14-19(22)23/h3,5,7,11,13,15,17H,1,4,6,8-10,12,14H2,2H3,(H,22,23)/t15?,17?,20-/m1/s1. The lowest BCUT2D eigenvalue weighted by molar-refractivity contribution is -0.137. The molecule has 6 heteroatoms. The van der Waals surface area contributed by atoms with Crippen molar-refractivity contribution in [2.75, 3.05) is 0 Å². The zero-order valence-electron chi connectivity index (χ0n) is 15.2. The van der Waals surface area contributed by atoms with Gasteiger partial charge in [0, 0.05) is 12.0 Å². The molecule has 2 rings (SSSR count). The predicted octanol–water partition coefficient (Wildman–Crippen LogP) is 4.64. The van der Waals surface area contributed by atoms with Gasteiger partial charge >= 0.3 is 5.97 Å². The molecule has 0 amide bonds. The van der Waals surface area contributed by atoms with E-state index in [4.69, 9.17) is 5.11 Å². The number of sulfone groups is 1. The molecule has 2 unspecified atom stereocenters. The Morgan fingerprint density at radius 2 is 2.00 bits per heavy atom. The number of aliphatic carboxylic acids is 1. The molecule has 1 aliphatic rings. The predicted molar refractivity (Wildman–Crippen MR) is 99.5 cm³/mol. The third-order valence-corrected chi connectivity index (χ3v) is 7.69. The molecule has 26 heavy (non-hydrogen) atoms. The van der Waals surface area contributed by atoms with Gasteiger partial charge in [0.05, 0.1) is 10.1 Å². The van der Waals surface area contributed by atoms with Gasteiger partial charge in [-0.05, 0) is 44.6 Å². The molecule has 1 fully saturated rings. The van der Waals surface area contributed by atoms with Crippen LogP contribution in [0.5, 0.6) is 0 Å². The summed E-state index contributed by atoms with van der Waals surface area (Å²) in [5, 5.41) is 8.24. The molecule has 1 N–H and O–H groups in total. The van der Waals surface area contributed by atoms with Crippen LogP contribution >= 0.6 is 0 Å². The summed E-state index contributed by atoms with van der Waals surface area (Å²) in [5.74, 6) is -0.958. The SMILES string of the molecule is C=C[C@@](C)(F)c1ccccc1S(=O)(=O)C1CCCCC1CCCC(=O)O. The molecule has 0 bridgehead atoms. The lowest BCUT2D eigenvalue weighted by atomic mass is 9.85. The van der Waals surface area contributed by atoms with Crippen LogP contribution in [0.3, 0.4) is 0 Å². The lowest BCUT2D eigenvalue weighted by Gasteiger charge is -2.32. The summed E-state index contributed by atoms with van der Waals surface area (Å²) >= 11 is 0. The Balaban J connectivity index is 2.36. The first kappa shape index (κ1) is 20.6. The van der Waals surface area contributed by atoms with Crippen molar-refractivity contribution in [3.05, 3.63) is 42.5 Å². The van der Waals surface area contributed by atoms with E-state index < -0.39 is 26.7 Å². The number of benzene rings is 1. The Kier molecular flexibility index (Phi) is 6.61. The quantitative estimate of drug-likeness (QED) is 0.665. The van der Waals surface area contributed by atoms with Crippen LogP contribution in [0, 0.1) is 5.92 Å². The summed E-state index contributed by atoms with van der Waals surface area (Å²) in [6.07, 6.45) is 5.24. The third-order valence-electron chi connectivity index (χ3n) is 5.31. The van der Waals surface area contributed by atoms with Crippen LogP contribution in [0.4, 0.5) is 4.39 Å². The minimum absolute atomic E-state index is 0.0278. The van der Waals surface area contributed by atoms with E-state index in [1.165, 1.54) is 19.1 Å². The van der Waals surface area contributed by atoms with Crippen molar-refractivity contribution in [1.82, 2.24) is 0 Å². The third kappa shape index (κ3) is 4.53. The monoisotopic (exact) mass is 382 g/mol. The summed E-state index contributed by atoms with van der Waals surface area (Å²) in [7, 11) is -3.72. The highest BCUT2D eigenvalue weighted by atomic mass is 32.2. The maximum absolute atomic E-state index is 14.9.